The first kappa shape index (κ1) is 16.8. The maximum Gasteiger partial charge on any atom is 0.254 e. The minimum Gasteiger partial charge on any atom is -0.386 e. The summed E-state index contributed by atoms with van der Waals surface area (Å²) in [6, 6.07) is 1.76. The summed E-state index contributed by atoms with van der Waals surface area (Å²) in [5, 5.41) is 13.7. The molecular formula is C18H22N6O2. The normalized spacial score (nSPS) is 22.9. The summed E-state index contributed by atoms with van der Waals surface area (Å²) in [6.07, 6.45) is 10.2. The van der Waals surface area contributed by atoms with Crippen molar-refractivity contribution in [3.63, 3.8) is 0 Å². The Morgan fingerprint density at radius 3 is 2.65 bits per heavy atom. The van der Waals surface area contributed by atoms with E-state index in [1.54, 1.807) is 30.9 Å². The van der Waals surface area contributed by atoms with Crippen LogP contribution >= 0.6 is 0 Å². The quantitative estimate of drug-likeness (QED) is 0.822. The Kier molecular flexibility index (Phi) is 4.50. The van der Waals surface area contributed by atoms with E-state index < -0.39 is 5.60 Å². The highest BCUT2D eigenvalue weighted by Gasteiger charge is 2.34. The second-order valence-corrected chi connectivity index (χ2v) is 7.09. The fourth-order valence-corrected chi connectivity index (χ4v) is 3.24. The largest absolute Gasteiger partial charge is 0.386 e. The van der Waals surface area contributed by atoms with Crippen LogP contribution in [0.25, 0.3) is 0 Å². The van der Waals surface area contributed by atoms with Gasteiger partial charge in [-0.3, -0.25) is 4.79 Å². The van der Waals surface area contributed by atoms with Crippen molar-refractivity contribution in [3.8, 4) is 0 Å². The average Bonchev–Trinajstić information content (AvgIpc) is 3.52. The lowest BCUT2D eigenvalue weighted by Gasteiger charge is -2.39. The number of anilines is 1. The predicted octanol–water partition coefficient (Wildman–Crippen LogP) is 0.905. The van der Waals surface area contributed by atoms with Crippen LogP contribution in [0.4, 0.5) is 5.95 Å². The van der Waals surface area contributed by atoms with Crippen molar-refractivity contribution in [2.24, 2.45) is 0 Å². The molecular weight excluding hydrogens is 332 g/mol. The SMILES string of the molecule is O=C(NCC1(O)CCCN(c2ncccn2)C1)c1cnc(C2CC2)nc1. The van der Waals surface area contributed by atoms with Crippen LogP contribution in [0.1, 0.15) is 47.8 Å². The Morgan fingerprint density at radius 2 is 1.96 bits per heavy atom. The Morgan fingerprint density at radius 1 is 1.23 bits per heavy atom. The predicted molar refractivity (Wildman–Crippen MR) is 94.8 cm³/mol. The number of piperidine rings is 1. The van der Waals surface area contributed by atoms with Crippen LogP contribution in [0.3, 0.4) is 0 Å². The fourth-order valence-electron chi connectivity index (χ4n) is 3.24. The van der Waals surface area contributed by atoms with Gasteiger partial charge in [-0.05, 0) is 31.7 Å². The molecule has 2 N–H and O–H groups in total. The lowest BCUT2D eigenvalue weighted by Crippen LogP contribution is -2.54. The van der Waals surface area contributed by atoms with Gasteiger partial charge < -0.3 is 15.3 Å². The molecule has 1 atom stereocenters. The van der Waals surface area contributed by atoms with E-state index in [0.29, 0.717) is 30.4 Å². The molecule has 1 amide bonds. The first-order valence-electron chi connectivity index (χ1n) is 8.97. The van der Waals surface area contributed by atoms with Gasteiger partial charge in [0.05, 0.1) is 17.7 Å². The smallest absolute Gasteiger partial charge is 0.254 e. The van der Waals surface area contributed by atoms with E-state index in [0.717, 1.165) is 31.6 Å². The van der Waals surface area contributed by atoms with Gasteiger partial charge >= 0.3 is 0 Å². The van der Waals surface area contributed by atoms with Crippen molar-refractivity contribution in [1.82, 2.24) is 25.3 Å². The van der Waals surface area contributed by atoms with E-state index in [-0.39, 0.29) is 12.5 Å². The van der Waals surface area contributed by atoms with Crippen LogP contribution in [0.15, 0.2) is 30.9 Å². The molecule has 2 aromatic rings. The molecule has 1 aliphatic carbocycles. The number of hydrogen-bond donors (Lipinski definition) is 2. The number of nitrogens with one attached hydrogen (secondary N) is 1. The zero-order chi connectivity index (χ0) is 18.0. The highest BCUT2D eigenvalue weighted by Crippen LogP contribution is 2.37. The highest BCUT2D eigenvalue weighted by atomic mass is 16.3. The fraction of sp³-hybridized carbons (Fsp3) is 0.500. The molecule has 0 bridgehead atoms. The number of amides is 1. The number of hydrogen-bond acceptors (Lipinski definition) is 7. The third-order valence-electron chi connectivity index (χ3n) is 4.84. The summed E-state index contributed by atoms with van der Waals surface area (Å²) >= 11 is 0. The number of nitrogens with zero attached hydrogens (tertiary/aromatic N) is 5. The van der Waals surface area contributed by atoms with Crippen molar-refractivity contribution in [1.29, 1.82) is 0 Å². The highest BCUT2D eigenvalue weighted by molar-refractivity contribution is 5.93. The molecule has 1 aliphatic heterocycles. The zero-order valence-electron chi connectivity index (χ0n) is 14.5. The van der Waals surface area contributed by atoms with Crippen LogP contribution in [-0.4, -0.2) is 56.2 Å². The molecule has 1 unspecified atom stereocenters. The summed E-state index contributed by atoms with van der Waals surface area (Å²) in [5.74, 6) is 1.60. The molecule has 0 radical (unpaired) electrons. The molecule has 2 fully saturated rings. The van der Waals surface area contributed by atoms with Crippen LogP contribution in [0.5, 0.6) is 0 Å². The lowest BCUT2D eigenvalue weighted by molar-refractivity contribution is 0.0252. The standard InChI is InChI=1S/C18H22N6O2/c25-16(14-9-21-15(22-10-14)13-3-4-13)23-11-18(26)5-1-8-24(12-18)17-19-6-2-7-20-17/h2,6-7,9-10,13,26H,1,3-5,8,11-12H2,(H,23,25). The Balaban J connectivity index is 1.35. The van der Waals surface area contributed by atoms with E-state index in [2.05, 4.69) is 25.3 Å². The van der Waals surface area contributed by atoms with Crippen molar-refractivity contribution in [2.75, 3.05) is 24.5 Å². The van der Waals surface area contributed by atoms with E-state index in [9.17, 15) is 9.90 Å². The third kappa shape index (κ3) is 3.80. The molecule has 2 aromatic heterocycles. The number of carbonyl (C=O) groups is 1. The minimum atomic E-state index is -1.01. The monoisotopic (exact) mass is 354 g/mol. The van der Waals surface area contributed by atoms with Crippen LogP contribution in [0, 0.1) is 0 Å². The van der Waals surface area contributed by atoms with Gasteiger partial charge in [0.25, 0.3) is 5.91 Å². The van der Waals surface area contributed by atoms with Crippen LogP contribution in [-0.2, 0) is 0 Å². The number of carbonyl (C=O) groups excluding carboxylic acids is 1. The molecule has 26 heavy (non-hydrogen) atoms. The van der Waals surface area contributed by atoms with Crippen LogP contribution < -0.4 is 10.2 Å². The minimum absolute atomic E-state index is 0.166. The maximum atomic E-state index is 12.3. The molecule has 4 rings (SSSR count). The summed E-state index contributed by atoms with van der Waals surface area (Å²) in [4.78, 5) is 31.3. The van der Waals surface area contributed by atoms with Crippen molar-refractivity contribution < 1.29 is 9.90 Å². The number of rotatable bonds is 5. The van der Waals surface area contributed by atoms with E-state index in [1.165, 1.54) is 0 Å². The zero-order valence-corrected chi connectivity index (χ0v) is 14.5. The van der Waals surface area contributed by atoms with Gasteiger partial charge in [-0.15, -0.1) is 0 Å². The average molecular weight is 354 g/mol. The molecule has 0 spiro atoms. The van der Waals surface area contributed by atoms with Gasteiger partial charge in [0.15, 0.2) is 0 Å². The van der Waals surface area contributed by atoms with Gasteiger partial charge in [-0.25, -0.2) is 19.9 Å². The van der Waals surface area contributed by atoms with Gasteiger partial charge in [0.1, 0.15) is 5.82 Å². The molecule has 8 nitrogen and oxygen atoms in total. The molecule has 8 heteroatoms. The first-order valence-corrected chi connectivity index (χ1v) is 8.97. The third-order valence-corrected chi connectivity index (χ3v) is 4.84. The van der Waals surface area contributed by atoms with Crippen LogP contribution in [0.2, 0.25) is 0 Å². The molecule has 1 saturated carbocycles. The molecule has 3 heterocycles. The Hall–Kier alpha value is -2.61. The molecule has 0 aromatic carbocycles. The van der Waals surface area contributed by atoms with Gasteiger partial charge in [-0.1, -0.05) is 0 Å². The molecule has 1 saturated heterocycles. The number of β-amino-alcohol motifs (C(OH)–C–C–N with tert-alkyl or cyclic N) is 1. The van der Waals surface area contributed by atoms with Gasteiger partial charge in [0, 0.05) is 43.8 Å². The summed E-state index contributed by atoms with van der Waals surface area (Å²) in [5.41, 5.74) is -0.598. The Bertz CT molecular complexity index is 765. The second kappa shape index (κ2) is 6.95. The Labute approximate surface area is 151 Å². The van der Waals surface area contributed by atoms with Crippen molar-refractivity contribution >= 4 is 11.9 Å². The maximum absolute atomic E-state index is 12.3. The first-order chi connectivity index (χ1) is 12.6. The van der Waals surface area contributed by atoms with Crippen molar-refractivity contribution in [2.45, 2.75) is 37.2 Å². The van der Waals surface area contributed by atoms with Gasteiger partial charge in [0.2, 0.25) is 5.95 Å². The summed E-state index contributed by atoms with van der Waals surface area (Å²) in [6.45, 7) is 1.34. The van der Waals surface area contributed by atoms with Crippen molar-refractivity contribution in [3.05, 3.63) is 42.2 Å². The van der Waals surface area contributed by atoms with E-state index in [1.807, 2.05) is 4.90 Å². The van der Waals surface area contributed by atoms with E-state index >= 15 is 0 Å². The molecule has 2 aliphatic rings. The lowest BCUT2D eigenvalue weighted by atomic mass is 9.93. The topological polar surface area (TPSA) is 104 Å². The molecule has 136 valence electrons. The number of aliphatic hydroxyl groups is 1. The number of aromatic nitrogens is 4. The summed E-state index contributed by atoms with van der Waals surface area (Å²) in [7, 11) is 0. The van der Waals surface area contributed by atoms with E-state index in [4.69, 9.17) is 0 Å². The van der Waals surface area contributed by atoms with Gasteiger partial charge in [-0.2, -0.15) is 0 Å². The summed E-state index contributed by atoms with van der Waals surface area (Å²) < 4.78 is 0. The second-order valence-electron chi connectivity index (χ2n) is 7.09.